The van der Waals surface area contributed by atoms with Gasteiger partial charge in [-0.1, -0.05) is 43.2 Å². The Kier molecular flexibility index (Phi) is 7.12. The van der Waals surface area contributed by atoms with E-state index in [1.165, 1.54) is 0 Å². The Bertz CT molecular complexity index is 723. The first-order valence-electron chi connectivity index (χ1n) is 10.5. The average molecular weight is 402 g/mol. The lowest BCUT2D eigenvalue weighted by molar-refractivity contribution is -0.154. The van der Waals surface area contributed by atoms with Crippen molar-refractivity contribution in [3.8, 4) is 0 Å². The summed E-state index contributed by atoms with van der Waals surface area (Å²) in [5, 5.41) is 2.61. The first-order valence-corrected chi connectivity index (χ1v) is 10.5. The molecule has 1 aromatic carbocycles. The number of nitrogens with zero attached hydrogens (tertiary/aromatic N) is 1. The SMILES string of the molecule is CCOC(=O)[C@@H]1CC2CCCCC2N1C(=O)[C@H](C)NC(=O)OCc1ccccc1. The molecule has 0 spiro atoms. The van der Waals surface area contributed by atoms with Crippen LogP contribution in [0, 0.1) is 5.92 Å². The van der Waals surface area contributed by atoms with Gasteiger partial charge in [-0.15, -0.1) is 0 Å². The minimum Gasteiger partial charge on any atom is -0.464 e. The molecule has 1 heterocycles. The van der Waals surface area contributed by atoms with E-state index in [0.717, 1.165) is 31.2 Å². The first kappa shape index (κ1) is 21.1. The predicted molar refractivity (Wildman–Crippen MR) is 107 cm³/mol. The molecule has 2 unspecified atom stereocenters. The normalized spacial score (nSPS) is 24.3. The van der Waals surface area contributed by atoms with Gasteiger partial charge in [0.2, 0.25) is 5.91 Å². The van der Waals surface area contributed by atoms with E-state index in [0.29, 0.717) is 12.3 Å². The van der Waals surface area contributed by atoms with Crippen LogP contribution in [0.5, 0.6) is 0 Å². The quantitative estimate of drug-likeness (QED) is 0.740. The molecule has 1 aromatic rings. The van der Waals surface area contributed by atoms with Crippen LogP contribution in [-0.2, 0) is 25.7 Å². The molecule has 29 heavy (non-hydrogen) atoms. The van der Waals surface area contributed by atoms with Gasteiger partial charge in [-0.05, 0) is 44.6 Å². The van der Waals surface area contributed by atoms with E-state index in [-0.39, 0.29) is 31.1 Å². The minimum atomic E-state index is -0.782. The molecule has 4 atom stereocenters. The molecule has 0 aromatic heterocycles. The Hall–Kier alpha value is -2.57. The van der Waals surface area contributed by atoms with Gasteiger partial charge in [-0.2, -0.15) is 0 Å². The number of likely N-dealkylation sites (tertiary alicyclic amines) is 1. The lowest BCUT2D eigenvalue weighted by atomic mass is 9.84. The molecule has 1 aliphatic carbocycles. The topological polar surface area (TPSA) is 84.9 Å². The Balaban J connectivity index is 1.62. The number of rotatable bonds is 6. The molecular weight excluding hydrogens is 372 g/mol. The summed E-state index contributed by atoms with van der Waals surface area (Å²) in [4.78, 5) is 39.5. The van der Waals surface area contributed by atoms with Gasteiger partial charge in [0.1, 0.15) is 18.7 Å². The fourth-order valence-electron chi connectivity index (χ4n) is 4.45. The van der Waals surface area contributed by atoms with E-state index in [1.54, 1.807) is 18.7 Å². The van der Waals surface area contributed by atoms with Gasteiger partial charge in [-0.25, -0.2) is 9.59 Å². The summed E-state index contributed by atoms with van der Waals surface area (Å²) in [6.45, 7) is 3.81. The molecule has 1 saturated carbocycles. The van der Waals surface area contributed by atoms with Crippen molar-refractivity contribution in [2.45, 2.75) is 70.7 Å². The third-order valence-electron chi connectivity index (χ3n) is 5.82. The number of carbonyl (C=O) groups is 3. The maximum atomic E-state index is 13.2. The summed E-state index contributed by atoms with van der Waals surface area (Å²) in [6.07, 6.45) is 4.06. The number of amides is 2. The van der Waals surface area contributed by atoms with Gasteiger partial charge in [0.25, 0.3) is 0 Å². The number of benzene rings is 1. The zero-order valence-corrected chi connectivity index (χ0v) is 17.1. The van der Waals surface area contributed by atoms with Gasteiger partial charge in [0.05, 0.1) is 6.61 Å². The van der Waals surface area contributed by atoms with Gasteiger partial charge >= 0.3 is 12.1 Å². The lowest BCUT2D eigenvalue weighted by Gasteiger charge is -2.35. The molecule has 2 aliphatic rings. The molecular formula is C22H30N2O5. The highest BCUT2D eigenvalue weighted by molar-refractivity contribution is 5.90. The van der Waals surface area contributed by atoms with Crippen molar-refractivity contribution in [1.29, 1.82) is 0 Å². The van der Waals surface area contributed by atoms with E-state index in [9.17, 15) is 14.4 Å². The van der Waals surface area contributed by atoms with Gasteiger partial charge < -0.3 is 19.7 Å². The Labute approximate surface area is 171 Å². The fourth-order valence-corrected chi connectivity index (χ4v) is 4.45. The second kappa shape index (κ2) is 9.76. The molecule has 0 radical (unpaired) electrons. The van der Waals surface area contributed by atoms with E-state index >= 15 is 0 Å². The maximum Gasteiger partial charge on any atom is 0.408 e. The summed E-state index contributed by atoms with van der Waals surface area (Å²) in [6, 6.07) is 8.03. The molecule has 1 saturated heterocycles. The predicted octanol–water partition coefficient (Wildman–Crippen LogP) is 3.02. The molecule has 0 bridgehead atoms. The summed E-state index contributed by atoms with van der Waals surface area (Å²) in [5.41, 5.74) is 0.869. The van der Waals surface area contributed by atoms with Crippen molar-refractivity contribution in [1.82, 2.24) is 10.2 Å². The van der Waals surface area contributed by atoms with Crippen molar-refractivity contribution in [2.24, 2.45) is 5.92 Å². The van der Waals surface area contributed by atoms with Crippen molar-refractivity contribution in [2.75, 3.05) is 6.61 Å². The van der Waals surface area contributed by atoms with E-state index in [1.807, 2.05) is 30.3 Å². The van der Waals surface area contributed by atoms with Gasteiger partial charge in [-0.3, -0.25) is 4.79 Å². The number of ether oxygens (including phenoxy) is 2. The van der Waals surface area contributed by atoms with E-state index in [2.05, 4.69) is 5.32 Å². The van der Waals surface area contributed by atoms with E-state index < -0.39 is 18.2 Å². The van der Waals surface area contributed by atoms with Crippen LogP contribution in [0.2, 0.25) is 0 Å². The highest BCUT2D eigenvalue weighted by Gasteiger charge is 2.49. The maximum absolute atomic E-state index is 13.2. The second-order valence-electron chi connectivity index (χ2n) is 7.79. The Morgan fingerprint density at radius 2 is 1.86 bits per heavy atom. The summed E-state index contributed by atoms with van der Waals surface area (Å²) in [5.74, 6) is -0.289. The lowest BCUT2D eigenvalue weighted by Crippen LogP contribution is -2.54. The molecule has 1 N–H and O–H groups in total. The highest BCUT2D eigenvalue weighted by atomic mass is 16.5. The standard InChI is InChI=1S/C22H30N2O5/c1-3-28-21(26)19-13-17-11-7-8-12-18(17)24(19)20(25)15(2)23-22(27)29-14-16-9-5-4-6-10-16/h4-6,9-10,15,17-19H,3,7-8,11-14H2,1-2H3,(H,23,27)/t15-,17?,18?,19-/m0/s1. The summed E-state index contributed by atoms with van der Waals surface area (Å²) in [7, 11) is 0. The van der Waals surface area contributed by atoms with Crippen molar-refractivity contribution in [3.05, 3.63) is 35.9 Å². The number of nitrogens with one attached hydrogen (secondary N) is 1. The van der Waals surface area contributed by atoms with E-state index in [4.69, 9.17) is 9.47 Å². The number of carbonyl (C=O) groups excluding carboxylic acids is 3. The van der Waals surface area contributed by atoms with Crippen LogP contribution in [-0.4, -0.2) is 47.6 Å². The molecule has 1 aliphatic heterocycles. The number of fused-ring (bicyclic) bond motifs is 1. The third-order valence-corrected chi connectivity index (χ3v) is 5.82. The Morgan fingerprint density at radius 3 is 2.59 bits per heavy atom. The molecule has 158 valence electrons. The number of alkyl carbamates (subject to hydrolysis) is 1. The summed E-state index contributed by atoms with van der Waals surface area (Å²) < 4.78 is 10.4. The molecule has 2 amide bonds. The second-order valence-corrected chi connectivity index (χ2v) is 7.79. The van der Waals surface area contributed by atoms with Crippen molar-refractivity contribution >= 4 is 18.0 Å². The van der Waals surface area contributed by atoms with Crippen LogP contribution in [0.1, 0.15) is 51.5 Å². The number of hydrogen-bond donors (Lipinski definition) is 1. The van der Waals surface area contributed by atoms with Crippen LogP contribution in [0.3, 0.4) is 0 Å². The monoisotopic (exact) mass is 402 g/mol. The average Bonchev–Trinajstić information content (AvgIpc) is 3.12. The van der Waals surface area contributed by atoms with Crippen molar-refractivity contribution in [3.63, 3.8) is 0 Å². The zero-order valence-electron chi connectivity index (χ0n) is 17.1. The molecule has 7 nitrogen and oxygen atoms in total. The minimum absolute atomic E-state index is 0.0373. The first-order chi connectivity index (χ1) is 14.0. The molecule has 3 rings (SSSR count). The van der Waals surface area contributed by atoms with Crippen molar-refractivity contribution < 1.29 is 23.9 Å². The largest absolute Gasteiger partial charge is 0.464 e. The van der Waals surface area contributed by atoms with Crippen LogP contribution in [0.15, 0.2) is 30.3 Å². The van der Waals surface area contributed by atoms with Crippen LogP contribution >= 0.6 is 0 Å². The zero-order chi connectivity index (χ0) is 20.8. The van der Waals surface area contributed by atoms with Crippen LogP contribution < -0.4 is 5.32 Å². The number of esters is 1. The summed E-state index contributed by atoms with van der Waals surface area (Å²) >= 11 is 0. The third kappa shape index (κ3) is 5.08. The molecule has 7 heteroatoms. The Morgan fingerprint density at radius 1 is 1.14 bits per heavy atom. The smallest absolute Gasteiger partial charge is 0.408 e. The van der Waals surface area contributed by atoms with Gasteiger partial charge in [0.15, 0.2) is 0 Å². The van der Waals surface area contributed by atoms with Crippen LogP contribution in [0.25, 0.3) is 0 Å². The number of hydrogen-bond acceptors (Lipinski definition) is 5. The highest BCUT2D eigenvalue weighted by Crippen LogP contribution is 2.40. The fraction of sp³-hybridized carbons (Fsp3) is 0.591. The van der Waals surface area contributed by atoms with Gasteiger partial charge in [0, 0.05) is 6.04 Å². The molecule has 2 fully saturated rings. The van der Waals surface area contributed by atoms with Crippen LogP contribution in [0.4, 0.5) is 4.79 Å².